The highest BCUT2D eigenvalue weighted by Gasteiger charge is 2.19. The molecule has 2 aromatic rings. The lowest BCUT2D eigenvalue weighted by Gasteiger charge is -2.32. The molecule has 3 rings (SSSR count). The number of benzene rings is 2. The Morgan fingerprint density at radius 1 is 1.15 bits per heavy atom. The zero-order valence-corrected chi connectivity index (χ0v) is 12.5. The highest BCUT2D eigenvalue weighted by atomic mass is 35.5. The largest absolute Gasteiger partial charge is 0.389 e. The second-order valence-corrected chi connectivity index (χ2v) is 5.76. The van der Waals surface area contributed by atoms with Gasteiger partial charge >= 0.3 is 0 Å². The number of nitrogens with zero attached hydrogens (tertiary/aromatic N) is 1. The van der Waals surface area contributed by atoms with E-state index in [-0.39, 0.29) is 0 Å². The SMILES string of the molecule is NC(=S)c1ccc(N2CCCc3ccccc32)c(Cl)c1. The summed E-state index contributed by atoms with van der Waals surface area (Å²) in [5.41, 5.74) is 10.1. The maximum Gasteiger partial charge on any atom is 0.104 e. The van der Waals surface area contributed by atoms with E-state index in [1.807, 2.05) is 18.2 Å². The molecular weight excluding hydrogens is 288 g/mol. The fraction of sp³-hybridized carbons (Fsp3) is 0.188. The van der Waals surface area contributed by atoms with Crippen LogP contribution < -0.4 is 10.6 Å². The van der Waals surface area contributed by atoms with Crippen LogP contribution in [-0.2, 0) is 6.42 Å². The van der Waals surface area contributed by atoms with E-state index in [2.05, 4.69) is 29.2 Å². The Bertz CT molecular complexity index is 669. The number of aryl methyl sites for hydroxylation is 1. The van der Waals surface area contributed by atoms with Crippen molar-refractivity contribution in [2.24, 2.45) is 5.73 Å². The van der Waals surface area contributed by atoms with Gasteiger partial charge in [-0.1, -0.05) is 42.0 Å². The Morgan fingerprint density at radius 3 is 2.70 bits per heavy atom. The molecule has 1 heterocycles. The smallest absolute Gasteiger partial charge is 0.104 e. The summed E-state index contributed by atoms with van der Waals surface area (Å²) in [6.45, 7) is 0.975. The lowest BCUT2D eigenvalue weighted by molar-refractivity contribution is 0.767. The third-order valence-corrected chi connectivity index (χ3v) is 4.17. The summed E-state index contributed by atoms with van der Waals surface area (Å²) < 4.78 is 0. The van der Waals surface area contributed by atoms with Crippen LogP contribution in [0.5, 0.6) is 0 Å². The first kappa shape index (κ1) is 13.4. The molecule has 1 aliphatic rings. The summed E-state index contributed by atoms with van der Waals surface area (Å²) in [5, 5.41) is 0.687. The first-order valence-electron chi connectivity index (χ1n) is 6.61. The minimum atomic E-state index is 0.373. The molecule has 0 unspecified atom stereocenters. The molecule has 0 saturated heterocycles. The summed E-state index contributed by atoms with van der Waals surface area (Å²) in [4.78, 5) is 2.64. The van der Waals surface area contributed by atoms with Gasteiger partial charge in [-0.15, -0.1) is 0 Å². The van der Waals surface area contributed by atoms with E-state index < -0.39 is 0 Å². The molecule has 0 radical (unpaired) electrons. The molecule has 0 saturated carbocycles. The highest BCUT2D eigenvalue weighted by molar-refractivity contribution is 7.80. The van der Waals surface area contributed by atoms with Crippen LogP contribution in [0.3, 0.4) is 0 Å². The van der Waals surface area contributed by atoms with Crippen LogP contribution in [0.25, 0.3) is 0 Å². The van der Waals surface area contributed by atoms with E-state index >= 15 is 0 Å². The molecule has 0 fully saturated rings. The van der Waals surface area contributed by atoms with Gasteiger partial charge in [-0.05, 0) is 42.7 Å². The van der Waals surface area contributed by atoms with Crippen molar-refractivity contribution in [2.75, 3.05) is 11.4 Å². The van der Waals surface area contributed by atoms with E-state index in [9.17, 15) is 0 Å². The Kier molecular flexibility index (Phi) is 3.64. The molecular formula is C16H15ClN2S. The molecule has 0 aliphatic carbocycles. The van der Waals surface area contributed by atoms with Gasteiger partial charge in [0.1, 0.15) is 4.99 Å². The zero-order valence-electron chi connectivity index (χ0n) is 11.0. The lowest BCUT2D eigenvalue weighted by atomic mass is 10.0. The Labute approximate surface area is 129 Å². The first-order valence-corrected chi connectivity index (χ1v) is 7.40. The number of rotatable bonds is 2. The fourth-order valence-corrected chi connectivity index (χ4v) is 3.07. The zero-order chi connectivity index (χ0) is 14.1. The molecule has 2 aromatic carbocycles. The number of nitrogens with two attached hydrogens (primary N) is 1. The number of para-hydroxylation sites is 1. The topological polar surface area (TPSA) is 29.3 Å². The van der Waals surface area contributed by atoms with Crippen LogP contribution in [0.2, 0.25) is 5.02 Å². The number of anilines is 2. The molecule has 1 aliphatic heterocycles. The molecule has 0 bridgehead atoms. The van der Waals surface area contributed by atoms with E-state index in [0.717, 1.165) is 30.6 Å². The number of hydrogen-bond acceptors (Lipinski definition) is 2. The van der Waals surface area contributed by atoms with Gasteiger partial charge in [0.05, 0.1) is 10.7 Å². The van der Waals surface area contributed by atoms with Crippen molar-refractivity contribution in [3.05, 3.63) is 58.6 Å². The van der Waals surface area contributed by atoms with E-state index in [4.69, 9.17) is 29.6 Å². The van der Waals surface area contributed by atoms with Crippen LogP contribution >= 0.6 is 23.8 Å². The van der Waals surface area contributed by atoms with Gasteiger partial charge < -0.3 is 10.6 Å². The van der Waals surface area contributed by atoms with Crippen molar-refractivity contribution >= 4 is 40.2 Å². The quantitative estimate of drug-likeness (QED) is 0.848. The van der Waals surface area contributed by atoms with Gasteiger partial charge in [0.15, 0.2) is 0 Å². The molecule has 0 aromatic heterocycles. The Morgan fingerprint density at radius 2 is 1.95 bits per heavy atom. The molecule has 0 atom stereocenters. The number of halogens is 1. The predicted molar refractivity (Wildman–Crippen MR) is 89.1 cm³/mol. The third-order valence-electron chi connectivity index (χ3n) is 3.63. The summed E-state index contributed by atoms with van der Waals surface area (Å²) in [7, 11) is 0. The van der Waals surface area contributed by atoms with Gasteiger partial charge in [0, 0.05) is 17.8 Å². The van der Waals surface area contributed by atoms with Gasteiger partial charge in [-0.3, -0.25) is 0 Å². The van der Waals surface area contributed by atoms with Crippen LogP contribution in [0.15, 0.2) is 42.5 Å². The predicted octanol–water partition coefficient (Wildman–Crippen LogP) is 4.06. The van der Waals surface area contributed by atoms with Crippen LogP contribution in [-0.4, -0.2) is 11.5 Å². The summed E-state index contributed by atoms with van der Waals surface area (Å²) in [6, 6.07) is 14.2. The third kappa shape index (κ3) is 2.39. The van der Waals surface area contributed by atoms with Crippen LogP contribution in [0.4, 0.5) is 11.4 Å². The molecule has 0 amide bonds. The standard InChI is InChI=1S/C16H15ClN2S/c17-13-10-12(16(18)20)7-8-15(13)19-9-3-5-11-4-1-2-6-14(11)19/h1-2,4,6-8,10H,3,5,9H2,(H2,18,20). The van der Waals surface area contributed by atoms with Gasteiger partial charge in [-0.2, -0.15) is 0 Å². The fourth-order valence-electron chi connectivity index (χ4n) is 2.66. The van der Waals surface area contributed by atoms with Crippen molar-refractivity contribution in [1.29, 1.82) is 0 Å². The molecule has 2 N–H and O–H groups in total. The minimum Gasteiger partial charge on any atom is -0.389 e. The summed E-state index contributed by atoms with van der Waals surface area (Å²) in [5.74, 6) is 0. The molecule has 102 valence electrons. The maximum atomic E-state index is 6.42. The van der Waals surface area contributed by atoms with Crippen molar-refractivity contribution in [3.63, 3.8) is 0 Å². The monoisotopic (exact) mass is 302 g/mol. The van der Waals surface area contributed by atoms with E-state index in [1.165, 1.54) is 11.3 Å². The van der Waals surface area contributed by atoms with Crippen molar-refractivity contribution < 1.29 is 0 Å². The average Bonchev–Trinajstić information content (AvgIpc) is 2.46. The summed E-state index contributed by atoms with van der Waals surface area (Å²) >= 11 is 11.4. The normalized spacial score (nSPS) is 13.9. The number of hydrogen-bond donors (Lipinski definition) is 1. The van der Waals surface area contributed by atoms with E-state index in [0.29, 0.717) is 10.0 Å². The van der Waals surface area contributed by atoms with Crippen molar-refractivity contribution in [3.8, 4) is 0 Å². The number of thiocarbonyl (C=S) groups is 1. The van der Waals surface area contributed by atoms with Crippen molar-refractivity contribution in [2.45, 2.75) is 12.8 Å². The molecule has 20 heavy (non-hydrogen) atoms. The Balaban J connectivity index is 2.04. The van der Waals surface area contributed by atoms with Gasteiger partial charge in [0.25, 0.3) is 0 Å². The first-order chi connectivity index (χ1) is 9.66. The average molecular weight is 303 g/mol. The second kappa shape index (κ2) is 5.43. The van der Waals surface area contributed by atoms with Crippen molar-refractivity contribution in [1.82, 2.24) is 0 Å². The van der Waals surface area contributed by atoms with E-state index in [1.54, 1.807) is 0 Å². The summed E-state index contributed by atoms with van der Waals surface area (Å²) in [6.07, 6.45) is 2.25. The van der Waals surface area contributed by atoms with Gasteiger partial charge in [0.2, 0.25) is 0 Å². The Hall–Kier alpha value is -1.58. The molecule has 0 spiro atoms. The minimum absolute atomic E-state index is 0.373. The maximum absolute atomic E-state index is 6.42. The molecule has 4 heteroatoms. The van der Waals surface area contributed by atoms with Crippen LogP contribution in [0, 0.1) is 0 Å². The van der Waals surface area contributed by atoms with Crippen LogP contribution in [0.1, 0.15) is 17.5 Å². The molecule has 2 nitrogen and oxygen atoms in total. The lowest BCUT2D eigenvalue weighted by Crippen LogP contribution is -2.24. The van der Waals surface area contributed by atoms with Gasteiger partial charge in [-0.25, -0.2) is 0 Å². The number of fused-ring (bicyclic) bond motifs is 1. The second-order valence-electron chi connectivity index (χ2n) is 4.91. The highest BCUT2D eigenvalue weighted by Crippen LogP contribution is 2.37.